The Labute approximate surface area is 95.6 Å². The van der Waals surface area contributed by atoms with Gasteiger partial charge in [-0.1, -0.05) is 15.9 Å². The van der Waals surface area contributed by atoms with Gasteiger partial charge in [-0.15, -0.1) is 0 Å². The number of rotatable bonds is 2. The third-order valence-corrected chi connectivity index (χ3v) is 3.91. The van der Waals surface area contributed by atoms with Crippen molar-refractivity contribution in [3.05, 3.63) is 33.8 Å². The first-order chi connectivity index (χ1) is 7.13. The lowest BCUT2D eigenvalue weighted by Crippen LogP contribution is -1.95. The third kappa shape index (κ3) is 1.87. The number of carbonyl (C=O) groups excluding carboxylic acids is 1. The monoisotopic (exact) mass is 290 g/mol. The molecule has 2 rings (SSSR count). The van der Waals surface area contributed by atoms with E-state index in [1.54, 1.807) is 18.2 Å². The van der Waals surface area contributed by atoms with E-state index in [1.165, 1.54) is 7.11 Å². The van der Waals surface area contributed by atoms with E-state index < -0.39 is 19.8 Å². The van der Waals surface area contributed by atoms with Gasteiger partial charge in [0, 0.05) is 17.1 Å². The largest absolute Gasteiger partial charge is 0.444 e. The summed E-state index contributed by atoms with van der Waals surface area (Å²) in [5.41, 5.74) is 1.08. The van der Waals surface area contributed by atoms with Crippen molar-refractivity contribution < 1.29 is 18.6 Å². The van der Waals surface area contributed by atoms with Crippen LogP contribution in [-0.4, -0.2) is 13.1 Å². The summed E-state index contributed by atoms with van der Waals surface area (Å²) in [6, 6.07) is 5.12. The van der Waals surface area contributed by atoms with Gasteiger partial charge in [-0.3, -0.25) is 4.57 Å². The van der Waals surface area contributed by atoms with E-state index in [2.05, 4.69) is 15.9 Å². The number of fused-ring (bicyclic) bond motifs is 1. The SMILES string of the molecule is CO[PH](=O)C1OC(=O)c2ccc(Br)cc21. The van der Waals surface area contributed by atoms with Crippen LogP contribution in [0.5, 0.6) is 0 Å². The number of hydrogen-bond donors (Lipinski definition) is 0. The van der Waals surface area contributed by atoms with Crippen LogP contribution in [0.1, 0.15) is 21.8 Å². The number of carbonyl (C=O) groups is 1. The number of hydrogen-bond acceptors (Lipinski definition) is 4. The lowest BCUT2D eigenvalue weighted by Gasteiger charge is -2.08. The summed E-state index contributed by atoms with van der Waals surface area (Å²) in [4.78, 5) is 11.4. The van der Waals surface area contributed by atoms with Crippen molar-refractivity contribution in [2.75, 3.05) is 7.11 Å². The second-order valence-electron chi connectivity index (χ2n) is 3.04. The Morgan fingerprint density at radius 1 is 1.53 bits per heavy atom. The number of cyclic esters (lactones) is 1. The van der Waals surface area contributed by atoms with Crippen LogP contribution in [0.25, 0.3) is 0 Å². The number of benzene rings is 1. The van der Waals surface area contributed by atoms with Crippen LogP contribution in [0.15, 0.2) is 22.7 Å². The molecule has 0 saturated carbocycles. The number of ether oxygens (including phenoxy) is 1. The molecule has 15 heavy (non-hydrogen) atoms. The van der Waals surface area contributed by atoms with Crippen LogP contribution in [0.4, 0.5) is 0 Å². The molecular formula is C9H8BrO4P. The Morgan fingerprint density at radius 2 is 2.27 bits per heavy atom. The normalized spacial score (nSPS) is 20.9. The minimum atomic E-state index is -2.38. The molecule has 0 spiro atoms. The number of halogens is 1. The third-order valence-electron chi connectivity index (χ3n) is 2.16. The molecule has 80 valence electrons. The molecule has 0 aliphatic carbocycles. The van der Waals surface area contributed by atoms with Gasteiger partial charge in [0.05, 0.1) is 5.56 Å². The summed E-state index contributed by atoms with van der Waals surface area (Å²) in [5, 5.41) is 0. The molecule has 0 fully saturated rings. The zero-order chi connectivity index (χ0) is 11.0. The fourth-order valence-electron chi connectivity index (χ4n) is 1.45. The van der Waals surface area contributed by atoms with Crippen molar-refractivity contribution in [3.63, 3.8) is 0 Å². The first kappa shape index (κ1) is 10.9. The van der Waals surface area contributed by atoms with E-state index in [0.717, 1.165) is 4.47 Å². The zero-order valence-corrected chi connectivity index (χ0v) is 10.4. The van der Waals surface area contributed by atoms with Crippen molar-refractivity contribution in [3.8, 4) is 0 Å². The quantitative estimate of drug-likeness (QED) is 0.621. The molecule has 2 unspecified atom stereocenters. The molecule has 1 aromatic rings. The summed E-state index contributed by atoms with van der Waals surface area (Å²) in [5.74, 6) is -1.20. The molecule has 0 saturated heterocycles. The first-order valence-corrected chi connectivity index (χ1v) is 6.40. The molecule has 1 aromatic carbocycles. The van der Waals surface area contributed by atoms with Crippen molar-refractivity contribution in [2.24, 2.45) is 0 Å². The van der Waals surface area contributed by atoms with Crippen molar-refractivity contribution in [2.45, 2.75) is 5.85 Å². The Balaban J connectivity index is 2.48. The maximum absolute atomic E-state index is 11.5. The topological polar surface area (TPSA) is 52.6 Å². The van der Waals surface area contributed by atoms with E-state index in [0.29, 0.717) is 11.1 Å². The Hall–Kier alpha value is -0.640. The van der Waals surface area contributed by atoms with Gasteiger partial charge in [-0.25, -0.2) is 4.79 Å². The molecular weight excluding hydrogens is 283 g/mol. The summed E-state index contributed by atoms with van der Waals surface area (Å²) in [7, 11) is -1.04. The first-order valence-electron chi connectivity index (χ1n) is 4.21. The molecule has 2 atom stereocenters. The van der Waals surface area contributed by atoms with E-state index in [1.807, 2.05) is 0 Å². The van der Waals surface area contributed by atoms with Crippen molar-refractivity contribution in [1.82, 2.24) is 0 Å². The van der Waals surface area contributed by atoms with Crippen LogP contribution < -0.4 is 0 Å². The highest BCUT2D eigenvalue weighted by Gasteiger charge is 2.35. The molecule has 0 N–H and O–H groups in total. The fraction of sp³-hybridized carbons (Fsp3) is 0.222. The predicted octanol–water partition coefficient (Wildman–Crippen LogP) is 2.74. The van der Waals surface area contributed by atoms with E-state index in [9.17, 15) is 9.36 Å². The maximum atomic E-state index is 11.5. The average molecular weight is 291 g/mol. The average Bonchev–Trinajstić information content (AvgIpc) is 2.54. The predicted molar refractivity (Wildman–Crippen MR) is 58.3 cm³/mol. The zero-order valence-electron chi connectivity index (χ0n) is 7.82. The molecule has 0 radical (unpaired) electrons. The van der Waals surface area contributed by atoms with Gasteiger partial charge in [0.1, 0.15) is 0 Å². The maximum Gasteiger partial charge on any atom is 0.339 e. The highest BCUT2D eigenvalue weighted by molar-refractivity contribution is 9.10. The van der Waals surface area contributed by atoms with Crippen molar-refractivity contribution in [1.29, 1.82) is 0 Å². The van der Waals surface area contributed by atoms with Crippen molar-refractivity contribution >= 4 is 29.9 Å². The molecule has 0 aromatic heterocycles. The van der Waals surface area contributed by atoms with Gasteiger partial charge < -0.3 is 9.26 Å². The van der Waals surface area contributed by atoms with Crippen LogP contribution >= 0.6 is 24.0 Å². The summed E-state index contributed by atoms with van der Waals surface area (Å²) < 4.78 is 22.0. The van der Waals surface area contributed by atoms with Gasteiger partial charge in [0.2, 0.25) is 13.9 Å². The van der Waals surface area contributed by atoms with Gasteiger partial charge in [-0.05, 0) is 18.2 Å². The number of esters is 1. The van der Waals surface area contributed by atoms with Gasteiger partial charge >= 0.3 is 5.97 Å². The van der Waals surface area contributed by atoms with Crippen LogP contribution in [0.2, 0.25) is 0 Å². The Bertz CT molecular complexity index is 446. The van der Waals surface area contributed by atoms with E-state index >= 15 is 0 Å². The summed E-state index contributed by atoms with van der Waals surface area (Å²) in [6.07, 6.45) is 0. The van der Waals surface area contributed by atoms with Gasteiger partial charge in [-0.2, -0.15) is 0 Å². The lowest BCUT2D eigenvalue weighted by atomic mass is 10.1. The van der Waals surface area contributed by atoms with Crippen LogP contribution in [0, 0.1) is 0 Å². The highest BCUT2D eigenvalue weighted by Crippen LogP contribution is 2.48. The van der Waals surface area contributed by atoms with Gasteiger partial charge in [0.25, 0.3) is 0 Å². The Kier molecular flexibility index (Phi) is 2.96. The standard InChI is InChI=1S/C9H8BrO4P/c1-13-15(12)9-7-4-5(10)2-3-6(7)8(11)14-9/h2-4,9,15H,1H3. The van der Waals surface area contributed by atoms with Crippen LogP contribution in [-0.2, 0) is 13.8 Å². The fourth-order valence-corrected chi connectivity index (χ4v) is 2.74. The molecule has 6 heteroatoms. The second-order valence-corrected chi connectivity index (χ2v) is 5.53. The smallest absolute Gasteiger partial charge is 0.339 e. The summed E-state index contributed by atoms with van der Waals surface area (Å²) in [6.45, 7) is 0. The van der Waals surface area contributed by atoms with E-state index in [-0.39, 0.29) is 0 Å². The highest BCUT2D eigenvalue weighted by atomic mass is 79.9. The molecule has 1 heterocycles. The molecule has 1 aliphatic rings. The Morgan fingerprint density at radius 3 is 2.93 bits per heavy atom. The lowest BCUT2D eigenvalue weighted by molar-refractivity contribution is 0.0496. The summed E-state index contributed by atoms with van der Waals surface area (Å²) >= 11 is 3.28. The minimum absolute atomic E-state index is 0.446. The molecule has 0 bridgehead atoms. The van der Waals surface area contributed by atoms with Crippen LogP contribution in [0.3, 0.4) is 0 Å². The second kappa shape index (κ2) is 4.08. The molecule has 1 aliphatic heterocycles. The van der Waals surface area contributed by atoms with Gasteiger partial charge in [0.15, 0.2) is 0 Å². The molecule has 4 nitrogen and oxygen atoms in total. The molecule has 0 amide bonds. The minimum Gasteiger partial charge on any atom is -0.444 e. The van der Waals surface area contributed by atoms with E-state index in [4.69, 9.17) is 9.26 Å².